The fraction of sp³-hybridized carbons (Fsp3) is 0.800. The van der Waals surface area contributed by atoms with E-state index in [0.717, 1.165) is 38.5 Å². The minimum Gasteiger partial charge on any atom is -0.481 e. The van der Waals surface area contributed by atoms with Crippen LogP contribution in [0.25, 0.3) is 0 Å². The van der Waals surface area contributed by atoms with Gasteiger partial charge in [-0.05, 0) is 25.7 Å². The van der Waals surface area contributed by atoms with Crippen LogP contribution < -0.4 is 0 Å². The predicted molar refractivity (Wildman–Crippen MR) is 70.8 cm³/mol. The third-order valence-corrected chi connectivity index (χ3v) is 5.33. The van der Waals surface area contributed by atoms with Crippen LogP contribution in [0.1, 0.15) is 57.8 Å². The fourth-order valence-electron chi connectivity index (χ4n) is 4.43. The lowest BCUT2D eigenvalue weighted by molar-refractivity contribution is -0.153. The number of imide groups is 1. The van der Waals surface area contributed by atoms with E-state index < -0.39 is 11.5 Å². The maximum Gasteiger partial charge on any atom is 0.305 e. The van der Waals surface area contributed by atoms with Crippen LogP contribution in [0.5, 0.6) is 0 Å². The number of fused-ring (bicyclic) bond motifs is 1. The number of likely N-dealkylation sites (tertiary alicyclic amines) is 1. The van der Waals surface area contributed by atoms with Crippen molar-refractivity contribution < 1.29 is 19.5 Å². The maximum atomic E-state index is 12.6. The maximum absolute atomic E-state index is 12.6. The minimum atomic E-state index is -0.912. The molecule has 5 nitrogen and oxygen atoms in total. The smallest absolute Gasteiger partial charge is 0.305 e. The zero-order valence-electron chi connectivity index (χ0n) is 11.6. The van der Waals surface area contributed by atoms with Gasteiger partial charge in [0, 0.05) is 0 Å². The van der Waals surface area contributed by atoms with Gasteiger partial charge in [0.1, 0.15) is 0 Å². The van der Waals surface area contributed by atoms with Crippen molar-refractivity contribution in [3.63, 3.8) is 0 Å². The number of amides is 2. The molecule has 0 spiro atoms. The Morgan fingerprint density at radius 3 is 2.10 bits per heavy atom. The normalized spacial score (nSPS) is 32.5. The molecule has 20 heavy (non-hydrogen) atoms. The Labute approximate surface area is 118 Å². The lowest BCUT2D eigenvalue weighted by Crippen LogP contribution is -2.54. The molecule has 1 saturated heterocycles. The second-order valence-electron chi connectivity index (χ2n) is 6.51. The van der Waals surface area contributed by atoms with Gasteiger partial charge in [-0.15, -0.1) is 0 Å². The summed E-state index contributed by atoms with van der Waals surface area (Å²) >= 11 is 0. The highest BCUT2D eigenvalue weighted by Gasteiger charge is 2.57. The molecule has 0 aromatic carbocycles. The topological polar surface area (TPSA) is 74.7 Å². The fourth-order valence-corrected chi connectivity index (χ4v) is 4.43. The quantitative estimate of drug-likeness (QED) is 0.801. The first kappa shape index (κ1) is 13.6. The average molecular weight is 279 g/mol. The molecule has 5 heteroatoms. The molecule has 3 aliphatic rings. The molecule has 2 amide bonds. The van der Waals surface area contributed by atoms with Crippen LogP contribution in [-0.2, 0) is 14.4 Å². The summed E-state index contributed by atoms with van der Waals surface area (Å²) < 4.78 is 0. The van der Waals surface area contributed by atoms with Crippen LogP contribution in [0.2, 0.25) is 0 Å². The van der Waals surface area contributed by atoms with Crippen molar-refractivity contribution in [3.05, 3.63) is 0 Å². The van der Waals surface area contributed by atoms with Gasteiger partial charge in [-0.2, -0.15) is 0 Å². The van der Waals surface area contributed by atoms with Gasteiger partial charge in [-0.3, -0.25) is 19.3 Å². The van der Waals surface area contributed by atoms with Crippen LogP contribution in [-0.4, -0.2) is 33.3 Å². The summed E-state index contributed by atoms with van der Waals surface area (Å²) in [4.78, 5) is 37.8. The van der Waals surface area contributed by atoms with Crippen molar-refractivity contribution in [2.45, 2.75) is 63.3 Å². The number of aliphatic carboxylic acids is 1. The Bertz CT molecular complexity index is 431. The van der Waals surface area contributed by atoms with Crippen LogP contribution >= 0.6 is 0 Å². The lowest BCUT2D eigenvalue weighted by atomic mass is 9.77. The summed E-state index contributed by atoms with van der Waals surface area (Å²) in [5.74, 6) is -1.45. The van der Waals surface area contributed by atoms with Gasteiger partial charge in [0.25, 0.3) is 0 Å². The minimum absolute atomic E-state index is 0.0933. The van der Waals surface area contributed by atoms with Gasteiger partial charge < -0.3 is 5.11 Å². The molecule has 0 radical (unpaired) electrons. The van der Waals surface area contributed by atoms with E-state index in [2.05, 4.69) is 0 Å². The Kier molecular flexibility index (Phi) is 3.30. The first-order chi connectivity index (χ1) is 9.55. The molecule has 0 aromatic rings. The highest BCUT2D eigenvalue weighted by Crippen LogP contribution is 2.47. The highest BCUT2D eigenvalue weighted by molar-refractivity contribution is 6.06. The third-order valence-electron chi connectivity index (χ3n) is 5.33. The van der Waals surface area contributed by atoms with Gasteiger partial charge in [-0.1, -0.05) is 25.7 Å². The molecule has 0 bridgehead atoms. The summed E-state index contributed by atoms with van der Waals surface area (Å²) in [6.07, 6.45) is 6.58. The van der Waals surface area contributed by atoms with E-state index in [1.165, 1.54) is 4.90 Å². The summed E-state index contributed by atoms with van der Waals surface area (Å²) in [5, 5.41) is 9.22. The van der Waals surface area contributed by atoms with Crippen LogP contribution in [0.3, 0.4) is 0 Å². The molecular weight excluding hydrogens is 258 g/mol. The van der Waals surface area contributed by atoms with Crippen molar-refractivity contribution in [1.29, 1.82) is 0 Å². The second kappa shape index (κ2) is 4.86. The number of carboxylic acids is 1. The molecular formula is C15H21NO4. The first-order valence-corrected chi connectivity index (χ1v) is 7.65. The van der Waals surface area contributed by atoms with Crippen LogP contribution in [0.4, 0.5) is 0 Å². The molecule has 3 rings (SSSR count). The number of hydrogen-bond acceptors (Lipinski definition) is 3. The molecule has 0 aromatic heterocycles. The highest BCUT2D eigenvalue weighted by atomic mass is 16.4. The molecule has 2 aliphatic carbocycles. The molecule has 1 aliphatic heterocycles. The van der Waals surface area contributed by atoms with E-state index in [9.17, 15) is 19.5 Å². The lowest BCUT2D eigenvalue weighted by Gasteiger charge is -2.43. The number of rotatable bonds is 3. The monoisotopic (exact) mass is 279 g/mol. The van der Waals surface area contributed by atoms with Gasteiger partial charge in [-0.25, -0.2) is 0 Å². The summed E-state index contributed by atoms with van der Waals surface area (Å²) in [5.41, 5.74) is -0.747. The van der Waals surface area contributed by atoms with E-state index in [-0.39, 0.29) is 30.1 Å². The number of carbonyl (C=O) groups is 3. The Morgan fingerprint density at radius 1 is 1.05 bits per heavy atom. The van der Waals surface area contributed by atoms with Gasteiger partial charge in [0.15, 0.2) is 0 Å². The van der Waals surface area contributed by atoms with Crippen molar-refractivity contribution in [2.24, 2.45) is 11.8 Å². The van der Waals surface area contributed by atoms with Crippen LogP contribution in [0.15, 0.2) is 0 Å². The number of carboxylic acid groups (broad SMARTS) is 1. The molecule has 1 N–H and O–H groups in total. The van der Waals surface area contributed by atoms with Crippen molar-refractivity contribution in [2.75, 3.05) is 0 Å². The summed E-state index contributed by atoms with van der Waals surface area (Å²) in [6.45, 7) is 0. The van der Waals surface area contributed by atoms with Crippen molar-refractivity contribution in [3.8, 4) is 0 Å². The molecule has 3 fully saturated rings. The number of hydrogen-bond donors (Lipinski definition) is 1. The second-order valence-corrected chi connectivity index (χ2v) is 6.51. The van der Waals surface area contributed by atoms with E-state index >= 15 is 0 Å². The predicted octanol–water partition coefficient (Wildman–Crippen LogP) is 1.95. The molecule has 110 valence electrons. The summed E-state index contributed by atoms with van der Waals surface area (Å²) in [6, 6.07) is 0. The van der Waals surface area contributed by atoms with E-state index in [1.54, 1.807) is 0 Å². The summed E-state index contributed by atoms with van der Waals surface area (Å²) in [7, 11) is 0. The average Bonchev–Trinajstić information content (AvgIpc) is 2.95. The zero-order valence-corrected chi connectivity index (χ0v) is 11.6. The SMILES string of the molecule is O=C(O)CC1(N2C(=O)C3CCCC3C2=O)CCCCC1. The van der Waals surface area contributed by atoms with Gasteiger partial charge >= 0.3 is 5.97 Å². The van der Waals surface area contributed by atoms with E-state index in [0.29, 0.717) is 12.8 Å². The standard InChI is InChI=1S/C15H21NO4/c17-12(18)9-15(7-2-1-3-8-15)16-13(19)10-5-4-6-11(10)14(16)20/h10-11H,1-9H2,(H,17,18). The molecule has 2 unspecified atom stereocenters. The number of carbonyl (C=O) groups excluding carboxylic acids is 2. The van der Waals surface area contributed by atoms with Crippen molar-refractivity contribution >= 4 is 17.8 Å². The zero-order chi connectivity index (χ0) is 14.3. The number of nitrogens with zero attached hydrogens (tertiary/aromatic N) is 1. The Hall–Kier alpha value is -1.39. The Morgan fingerprint density at radius 2 is 1.60 bits per heavy atom. The first-order valence-electron chi connectivity index (χ1n) is 7.65. The van der Waals surface area contributed by atoms with E-state index in [4.69, 9.17) is 0 Å². The molecule has 2 atom stereocenters. The molecule has 2 saturated carbocycles. The third kappa shape index (κ3) is 1.95. The van der Waals surface area contributed by atoms with Crippen molar-refractivity contribution in [1.82, 2.24) is 4.90 Å². The van der Waals surface area contributed by atoms with Crippen LogP contribution in [0, 0.1) is 11.8 Å². The van der Waals surface area contributed by atoms with Gasteiger partial charge in [0.05, 0.1) is 23.8 Å². The molecule has 1 heterocycles. The van der Waals surface area contributed by atoms with Gasteiger partial charge in [0.2, 0.25) is 11.8 Å². The van der Waals surface area contributed by atoms with E-state index in [1.807, 2.05) is 0 Å². The largest absolute Gasteiger partial charge is 0.481 e. The Balaban J connectivity index is 1.93.